The number of ether oxygens (including phenoxy) is 2. The number of aromatic carboxylic acids is 1. The maximum atomic E-state index is 14.2. The summed E-state index contributed by atoms with van der Waals surface area (Å²) in [5, 5.41) is 9.44. The summed E-state index contributed by atoms with van der Waals surface area (Å²) in [6.45, 7) is 10.0. The van der Waals surface area contributed by atoms with Crippen LogP contribution < -0.4 is 4.74 Å². The minimum Gasteiger partial charge on any atom is -0.478 e. The average molecular weight is 551 g/mol. The van der Waals surface area contributed by atoms with Crippen LogP contribution in [0.2, 0.25) is 0 Å². The van der Waals surface area contributed by atoms with E-state index >= 15 is 0 Å². The molecule has 0 saturated carbocycles. The van der Waals surface area contributed by atoms with Crippen molar-refractivity contribution in [3.8, 4) is 17.1 Å². The van der Waals surface area contributed by atoms with Crippen LogP contribution in [0.4, 0.5) is 10.1 Å². The molecule has 0 radical (unpaired) electrons. The molecule has 0 aliphatic rings. The van der Waals surface area contributed by atoms with Crippen LogP contribution in [0.15, 0.2) is 72.8 Å². The van der Waals surface area contributed by atoms with Crippen LogP contribution in [0.1, 0.15) is 32.9 Å². The number of hydrogen-bond donors (Lipinski definition) is 1. The van der Waals surface area contributed by atoms with Gasteiger partial charge in [0.15, 0.2) is 5.69 Å². The third-order valence-corrected chi connectivity index (χ3v) is 6.79. The molecule has 1 N–H and O–H groups in total. The molecular formula is C32H27FN4O4. The fraction of sp³-hybridized carbons (Fsp3) is 0.188. The number of imidazole rings is 1. The predicted octanol–water partition coefficient (Wildman–Crippen LogP) is 6.61. The zero-order valence-electron chi connectivity index (χ0n) is 22.6. The van der Waals surface area contributed by atoms with E-state index in [0.717, 1.165) is 39.2 Å². The van der Waals surface area contributed by atoms with Crippen LogP contribution in [-0.2, 0) is 24.3 Å². The number of halogens is 1. The normalized spacial score (nSPS) is 11.0. The number of benzene rings is 3. The van der Waals surface area contributed by atoms with E-state index in [1.165, 1.54) is 6.07 Å². The lowest BCUT2D eigenvalue weighted by molar-refractivity contribution is 0.0697. The summed E-state index contributed by atoms with van der Waals surface area (Å²) >= 11 is 0. The van der Waals surface area contributed by atoms with Crippen LogP contribution >= 0.6 is 0 Å². The number of pyridine rings is 1. The Balaban J connectivity index is 1.36. The summed E-state index contributed by atoms with van der Waals surface area (Å²) in [6.07, 6.45) is 0.552. The summed E-state index contributed by atoms with van der Waals surface area (Å²) in [6, 6.07) is 20.8. The number of carboxylic acid groups (broad SMARTS) is 1. The fourth-order valence-electron chi connectivity index (χ4n) is 4.70. The Morgan fingerprint density at radius 1 is 1.07 bits per heavy atom. The highest BCUT2D eigenvalue weighted by molar-refractivity contribution is 5.92. The summed E-state index contributed by atoms with van der Waals surface area (Å²) in [7, 11) is 1.63. The molecule has 0 spiro atoms. The first-order chi connectivity index (χ1) is 19.9. The van der Waals surface area contributed by atoms with Gasteiger partial charge in [-0.15, -0.1) is 0 Å². The van der Waals surface area contributed by atoms with Crippen LogP contribution in [0.25, 0.3) is 27.1 Å². The first-order valence-corrected chi connectivity index (χ1v) is 12.9. The summed E-state index contributed by atoms with van der Waals surface area (Å²) < 4.78 is 27.3. The third-order valence-electron chi connectivity index (χ3n) is 6.79. The minimum absolute atomic E-state index is 0.00346. The Hall–Kier alpha value is -5.07. The quantitative estimate of drug-likeness (QED) is 0.197. The SMILES string of the molecule is [C-]#[N+]c1ccc(COc2cccc(-c3ccc(Cc4nc5ccc(C(=O)O)cc5n4CCOC)cc3C)n2)c(F)c1. The molecule has 2 heterocycles. The van der Waals surface area contributed by atoms with E-state index in [9.17, 15) is 14.3 Å². The Bertz CT molecular complexity index is 1790. The molecule has 0 saturated heterocycles. The number of aromatic nitrogens is 3. The summed E-state index contributed by atoms with van der Waals surface area (Å²) in [4.78, 5) is 24.2. The van der Waals surface area contributed by atoms with E-state index < -0.39 is 11.8 Å². The second kappa shape index (κ2) is 12.0. The van der Waals surface area contributed by atoms with Crippen molar-refractivity contribution in [3.63, 3.8) is 0 Å². The van der Waals surface area contributed by atoms with E-state index in [1.807, 2.05) is 35.8 Å². The number of carboxylic acids is 1. The van der Waals surface area contributed by atoms with Gasteiger partial charge < -0.3 is 19.1 Å². The highest BCUT2D eigenvalue weighted by atomic mass is 19.1. The van der Waals surface area contributed by atoms with Crippen LogP contribution in [-0.4, -0.2) is 39.3 Å². The molecule has 0 atom stereocenters. The third kappa shape index (κ3) is 6.08. The van der Waals surface area contributed by atoms with Gasteiger partial charge in [0.05, 0.1) is 35.5 Å². The number of methoxy groups -OCH3 is 1. The van der Waals surface area contributed by atoms with Gasteiger partial charge in [0.1, 0.15) is 18.2 Å². The predicted molar refractivity (Wildman–Crippen MR) is 153 cm³/mol. The standard InChI is InChI=1S/C32H27FN4O4/c1-20-15-21(16-30-35-28-12-9-22(32(38)39)17-29(28)37(30)13-14-40-3)7-11-25(20)27-5-4-6-31(36-27)41-19-23-8-10-24(34-2)18-26(23)33/h4-12,15,17-18H,13-14,16,19H2,1,3H3,(H,38,39). The number of aryl methyl sites for hydroxylation is 1. The maximum Gasteiger partial charge on any atom is 0.335 e. The molecule has 0 amide bonds. The number of fused-ring (bicyclic) bond motifs is 1. The van der Waals surface area contributed by atoms with Gasteiger partial charge in [0.25, 0.3) is 0 Å². The smallest absolute Gasteiger partial charge is 0.335 e. The Morgan fingerprint density at radius 3 is 2.66 bits per heavy atom. The second-order valence-electron chi connectivity index (χ2n) is 9.54. The molecule has 8 nitrogen and oxygen atoms in total. The van der Waals surface area contributed by atoms with Crippen LogP contribution in [0.5, 0.6) is 5.88 Å². The van der Waals surface area contributed by atoms with Gasteiger partial charge in [0, 0.05) is 37.3 Å². The van der Waals surface area contributed by atoms with Crippen LogP contribution in [0, 0.1) is 19.3 Å². The number of carbonyl (C=O) groups is 1. The Kier molecular flexibility index (Phi) is 8.04. The monoisotopic (exact) mass is 550 g/mol. The molecule has 206 valence electrons. The Morgan fingerprint density at radius 2 is 1.93 bits per heavy atom. The highest BCUT2D eigenvalue weighted by Crippen LogP contribution is 2.27. The average Bonchev–Trinajstić information content (AvgIpc) is 3.31. The molecule has 41 heavy (non-hydrogen) atoms. The van der Waals surface area contributed by atoms with Crippen molar-refractivity contribution in [2.45, 2.75) is 26.5 Å². The molecule has 2 aromatic heterocycles. The topological polar surface area (TPSA) is 90.8 Å². The molecule has 0 bridgehead atoms. The van der Waals surface area contributed by atoms with Gasteiger partial charge in [-0.05, 0) is 48.4 Å². The van der Waals surface area contributed by atoms with Crippen LogP contribution in [0.3, 0.4) is 0 Å². The zero-order chi connectivity index (χ0) is 28.9. The van der Waals surface area contributed by atoms with Gasteiger partial charge in [-0.25, -0.2) is 24.0 Å². The van der Waals surface area contributed by atoms with Crippen molar-refractivity contribution in [2.75, 3.05) is 13.7 Å². The molecule has 0 fully saturated rings. The van der Waals surface area contributed by atoms with Crippen molar-refractivity contribution in [1.82, 2.24) is 14.5 Å². The molecular weight excluding hydrogens is 523 g/mol. The van der Waals surface area contributed by atoms with Gasteiger partial charge in [-0.1, -0.05) is 36.4 Å². The molecule has 5 aromatic rings. The Labute approximate surface area is 236 Å². The fourth-order valence-corrected chi connectivity index (χ4v) is 4.70. The number of rotatable bonds is 10. The summed E-state index contributed by atoms with van der Waals surface area (Å²) in [5.74, 6) is -0.284. The van der Waals surface area contributed by atoms with Gasteiger partial charge in [-0.3, -0.25) is 0 Å². The van der Waals surface area contributed by atoms with Gasteiger partial charge in [-0.2, -0.15) is 0 Å². The zero-order valence-corrected chi connectivity index (χ0v) is 22.6. The van der Waals surface area contributed by atoms with Crippen molar-refractivity contribution in [3.05, 3.63) is 118 Å². The lowest BCUT2D eigenvalue weighted by atomic mass is 10.0. The number of nitrogens with zero attached hydrogens (tertiary/aromatic N) is 4. The molecule has 9 heteroatoms. The van der Waals surface area contributed by atoms with Gasteiger partial charge in [0.2, 0.25) is 5.88 Å². The molecule has 0 unspecified atom stereocenters. The van der Waals surface area contributed by atoms with Gasteiger partial charge >= 0.3 is 5.97 Å². The molecule has 0 aliphatic carbocycles. The lowest BCUT2D eigenvalue weighted by Gasteiger charge is -2.12. The maximum absolute atomic E-state index is 14.2. The van der Waals surface area contributed by atoms with Crippen molar-refractivity contribution < 1.29 is 23.8 Å². The van der Waals surface area contributed by atoms with E-state index in [2.05, 4.69) is 15.9 Å². The first-order valence-electron chi connectivity index (χ1n) is 12.9. The van der Waals surface area contributed by atoms with Crippen molar-refractivity contribution in [2.24, 2.45) is 0 Å². The largest absolute Gasteiger partial charge is 0.478 e. The highest BCUT2D eigenvalue weighted by Gasteiger charge is 2.15. The molecule has 5 rings (SSSR count). The van der Waals surface area contributed by atoms with Crippen molar-refractivity contribution in [1.29, 1.82) is 0 Å². The lowest BCUT2D eigenvalue weighted by Crippen LogP contribution is -2.09. The molecule has 0 aliphatic heterocycles. The minimum atomic E-state index is -0.982. The van der Waals surface area contributed by atoms with E-state index in [4.69, 9.17) is 21.0 Å². The second-order valence-corrected chi connectivity index (χ2v) is 9.54. The first kappa shape index (κ1) is 27.5. The van der Waals surface area contributed by atoms with E-state index in [-0.39, 0.29) is 17.9 Å². The summed E-state index contributed by atoms with van der Waals surface area (Å²) in [5.41, 5.74) is 6.02. The van der Waals surface area contributed by atoms with E-state index in [1.54, 1.807) is 43.5 Å². The molecule has 3 aromatic carbocycles. The van der Waals surface area contributed by atoms with Crippen molar-refractivity contribution >= 4 is 22.7 Å². The number of hydrogen-bond acceptors (Lipinski definition) is 5. The van der Waals surface area contributed by atoms with E-state index in [0.29, 0.717) is 31.0 Å².